The molecule has 6 nitrogen and oxygen atoms in total. The van der Waals surface area contributed by atoms with E-state index in [1.165, 1.54) is 0 Å². The number of carbonyl (C=O) groups is 1. The standard InChI is InChI=1S/C19H23ClN4O2/c1-26-17-6-5-15(20)14-16(17)21-9-7-19(25)24-12-10-23(11-13-24)18-4-2-3-8-22-18/h2-6,8,14,21H,7,9-13H2,1H3. The maximum absolute atomic E-state index is 12.4. The molecule has 1 aromatic carbocycles. The van der Waals surface area contributed by atoms with E-state index in [1.54, 1.807) is 25.4 Å². The van der Waals surface area contributed by atoms with E-state index in [2.05, 4.69) is 15.2 Å². The molecule has 2 aromatic rings. The summed E-state index contributed by atoms with van der Waals surface area (Å²) in [5.41, 5.74) is 0.799. The Morgan fingerprint density at radius 1 is 1.23 bits per heavy atom. The van der Waals surface area contributed by atoms with E-state index in [4.69, 9.17) is 16.3 Å². The molecule has 1 aromatic heterocycles. The van der Waals surface area contributed by atoms with Gasteiger partial charge in [-0.15, -0.1) is 0 Å². The van der Waals surface area contributed by atoms with Crippen LogP contribution in [0.2, 0.25) is 5.02 Å². The van der Waals surface area contributed by atoms with Crippen molar-refractivity contribution in [3.8, 4) is 5.75 Å². The fourth-order valence-electron chi connectivity index (χ4n) is 3.01. The van der Waals surface area contributed by atoms with Gasteiger partial charge < -0.3 is 19.9 Å². The molecule has 0 saturated carbocycles. The van der Waals surface area contributed by atoms with Crippen LogP contribution in [0.15, 0.2) is 42.6 Å². The van der Waals surface area contributed by atoms with Crippen LogP contribution < -0.4 is 15.0 Å². The summed E-state index contributed by atoms with van der Waals surface area (Å²) < 4.78 is 5.30. The molecule has 1 amide bonds. The van der Waals surface area contributed by atoms with E-state index in [1.807, 2.05) is 29.2 Å². The summed E-state index contributed by atoms with van der Waals surface area (Å²) in [6.45, 7) is 3.58. The summed E-state index contributed by atoms with van der Waals surface area (Å²) in [7, 11) is 1.61. The molecule has 0 unspecified atom stereocenters. The van der Waals surface area contributed by atoms with Crippen molar-refractivity contribution in [1.29, 1.82) is 0 Å². The maximum Gasteiger partial charge on any atom is 0.224 e. The summed E-state index contributed by atoms with van der Waals surface area (Å²) >= 11 is 6.02. The highest BCUT2D eigenvalue weighted by molar-refractivity contribution is 6.30. The van der Waals surface area contributed by atoms with Crippen molar-refractivity contribution in [1.82, 2.24) is 9.88 Å². The predicted molar refractivity (Wildman–Crippen MR) is 104 cm³/mol. The van der Waals surface area contributed by atoms with Crippen LogP contribution in [0.1, 0.15) is 6.42 Å². The number of nitrogens with one attached hydrogen (secondary N) is 1. The summed E-state index contributed by atoms with van der Waals surface area (Å²) in [5, 5.41) is 3.86. The number of benzene rings is 1. The zero-order valence-corrected chi connectivity index (χ0v) is 15.6. The minimum atomic E-state index is 0.152. The number of rotatable bonds is 6. The van der Waals surface area contributed by atoms with Crippen LogP contribution >= 0.6 is 11.6 Å². The van der Waals surface area contributed by atoms with Gasteiger partial charge in [0.05, 0.1) is 12.8 Å². The molecule has 1 fully saturated rings. The van der Waals surface area contributed by atoms with E-state index >= 15 is 0 Å². The molecule has 138 valence electrons. The monoisotopic (exact) mass is 374 g/mol. The number of hydrogen-bond acceptors (Lipinski definition) is 5. The highest BCUT2D eigenvalue weighted by Crippen LogP contribution is 2.27. The Balaban J connectivity index is 1.46. The smallest absolute Gasteiger partial charge is 0.224 e. The SMILES string of the molecule is COc1ccc(Cl)cc1NCCC(=O)N1CCN(c2ccccn2)CC1. The fraction of sp³-hybridized carbons (Fsp3) is 0.368. The third kappa shape index (κ3) is 4.58. The molecular weight excluding hydrogens is 352 g/mol. The number of methoxy groups -OCH3 is 1. The molecule has 26 heavy (non-hydrogen) atoms. The van der Waals surface area contributed by atoms with E-state index in [0.29, 0.717) is 23.7 Å². The third-order valence-corrected chi connectivity index (χ3v) is 4.66. The molecule has 1 aliphatic heterocycles. The lowest BCUT2D eigenvalue weighted by atomic mass is 10.2. The number of ether oxygens (including phenoxy) is 1. The first-order chi connectivity index (χ1) is 12.7. The molecule has 7 heteroatoms. The van der Waals surface area contributed by atoms with Gasteiger partial charge >= 0.3 is 0 Å². The second-order valence-electron chi connectivity index (χ2n) is 6.08. The van der Waals surface area contributed by atoms with Gasteiger partial charge in [-0.2, -0.15) is 0 Å². The van der Waals surface area contributed by atoms with E-state index in [0.717, 1.165) is 37.7 Å². The van der Waals surface area contributed by atoms with Gasteiger partial charge in [-0.3, -0.25) is 4.79 Å². The maximum atomic E-state index is 12.4. The summed E-state index contributed by atoms with van der Waals surface area (Å²) in [5.74, 6) is 1.83. The Kier molecular flexibility index (Phi) is 6.17. The Morgan fingerprint density at radius 3 is 2.73 bits per heavy atom. The Morgan fingerprint density at radius 2 is 2.04 bits per heavy atom. The number of nitrogens with zero attached hydrogens (tertiary/aromatic N) is 3. The van der Waals surface area contributed by atoms with Gasteiger partial charge in [-0.05, 0) is 30.3 Å². The number of hydrogen-bond donors (Lipinski definition) is 1. The zero-order valence-electron chi connectivity index (χ0n) is 14.8. The van der Waals surface area contributed by atoms with Gasteiger partial charge in [-0.25, -0.2) is 4.98 Å². The van der Waals surface area contributed by atoms with Crippen molar-refractivity contribution < 1.29 is 9.53 Å². The van der Waals surface area contributed by atoms with E-state index in [-0.39, 0.29) is 5.91 Å². The normalized spacial score (nSPS) is 14.2. The first kappa shape index (κ1) is 18.3. The molecule has 1 saturated heterocycles. The van der Waals surface area contributed by atoms with Gasteiger partial charge in [0.2, 0.25) is 5.91 Å². The molecule has 0 bridgehead atoms. The van der Waals surface area contributed by atoms with Crippen molar-refractivity contribution in [2.75, 3.05) is 50.1 Å². The number of anilines is 2. The predicted octanol–water partition coefficient (Wildman–Crippen LogP) is 2.89. The number of aromatic nitrogens is 1. The second-order valence-corrected chi connectivity index (χ2v) is 6.51. The van der Waals surface area contributed by atoms with Crippen molar-refractivity contribution in [3.63, 3.8) is 0 Å². The molecule has 0 spiro atoms. The van der Waals surface area contributed by atoms with Crippen molar-refractivity contribution >= 4 is 29.0 Å². The minimum absolute atomic E-state index is 0.152. The van der Waals surface area contributed by atoms with Crippen LogP contribution in [0.4, 0.5) is 11.5 Å². The summed E-state index contributed by atoms with van der Waals surface area (Å²) in [6, 6.07) is 11.3. The topological polar surface area (TPSA) is 57.7 Å². The fourth-order valence-corrected chi connectivity index (χ4v) is 3.18. The molecular formula is C19H23ClN4O2. The molecule has 2 heterocycles. The summed E-state index contributed by atoms with van der Waals surface area (Å²) in [6.07, 6.45) is 2.22. The van der Waals surface area contributed by atoms with Crippen LogP contribution in [0.25, 0.3) is 0 Å². The van der Waals surface area contributed by atoms with Gasteiger partial charge in [0.25, 0.3) is 0 Å². The van der Waals surface area contributed by atoms with E-state index < -0.39 is 0 Å². The van der Waals surface area contributed by atoms with Crippen LogP contribution in [0, 0.1) is 0 Å². The Bertz CT molecular complexity index is 734. The molecule has 1 aliphatic rings. The largest absolute Gasteiger partial charge is 0.495 e. The highest BCUT2D eigenvalue weighted by atomic mass is 35.5. The number of halogens is 1. The van der Waals surface area contributed by atoms with Gasteiger partial charge in [-0.1, -0.05) is 17.7 Å². The van der Waals surface area contributed by atoms with Crippen LogP contribution in [-0.4, -0.2) is 55.6 Å². The average molecular weight is 375 g/mol. The van der Waals surface area contributed by atoms with Crippen molar-refractivity contribution in [3.05, 3.63) is 47.6 Å². The quantitative estimate of drug-likeness (QED) is 0.842. The lowest BCUT2D eigenvalue weighted by molar-refractivity contribution is -0.131. The number of pyridine rings is 1. The lowest BCUT2D eigenvalue weighted by Gasteiger charge is -2.35. The average Bonchev–Trinajstić information content (AvgIpc) is 2.69. The zero-order chi connectivity index (χ0) is 18.4. The summed E-state index contributed by atoms with van der Waals surface area (Å²) in [4.78, 5) is 20.9. The molecule has 0 aliphatic carbocycles. The van der Waals surface area contributed by atoms with Crippen LogP contribution in [0.3, 0.4) is 0 Å². The van der Waals surface area contributed by atoms with Crippen LogP contribution in [0.5, 0.6) is 5.75 Å². The molecule has 3 rings (SSSR count). The van der Waals surface area contributed by atoms with E-state index in [9.17, 15) is 4.79 Å². The second kappa shape index (κ2) is 8.76. The molecule has 0 radical (unpaired) electrons. The van der Waals surface area contributed by atoms with Gasteiger partial charge in [0, 0.05) is 50.4 Å². The van der Waals surface area contributed by atoms with Crippen molar-refractivity contribution in [2.45, 2.75) is 6.42 Å². The number of carbonyl (C=O) groups excluding carboxylic acids is 1. The lowest BCUT2D eigenvalue weighted by Crippen LogP contribution is -2.49. The van der Waals surface area contributed by atoms with Crippen molar-refractivity contribution in [2.24, 2.45) is 0 Å². The first-order valence-corrected chi connectivity index (χ1v) is 9.06. The molecule has 1 N–H and O–H groups in total. The van der Waals surface area contributed by atoms with Gasteiger partial charge in [0.1, 0.15) is 11.6 Å². The molecule has 0 atom stereocenters. The Hall–Kier alpha value is -2.47. The number of piperazine rings is 1. The Labute approximate surface area is 158 Å². The number of amides is 1. The van der Waals surface area contributed by atoms with Crippen LogP contribution in [-0.2, 0) is 4.79 Å². The highest BCUT2D eigenvalue weighted by Gasteiger charge is 2.21. The minimum Gasteiger partial charge on any atom is -0.495 e. The first-order valence-electron chi connectivity index (χ1n) is 8.68. The third-order valence-electron chi connectivity index (χ3n) is 4.42. The van der Waals surface area contributed by atoms with Gasteiger partial charge in [0.15, 0.2) is 0 Å².